The molecule has 0 saturated carbocycles. The second-order valence-electron chi connectivity index (χ2n) is 2.83. The summed E-state index contributed by atoms with van der Waals surface area (Å²) in [6.45, 7) is 3.07. The molecule has 4 nitrogen and oxygen atoms in total. The molecule has 1 heterocycles. The first kappa shape index (κ1) is 12.1. The van der Waals surface area contributed by atoms with E-state index in [0.717, 1.165) is 5.52 Å². The zero-order valence-corrected chi connectivity index (χ0v) is 9.45. The highest BCUT2D eigenvalue weighted by Gasteiger charge is 1.86. The van der Waals surface area contributed by atoms with E-state index in [0.29, 0.717) is 0 Å². The molecule has 0 aliphatic heterocycles. The quantitative estimate of drug-likeness (QED) is 0.446. The van der Waals surface area contributed by atoms with Gasteiger partial charge in [0.2, 0.25) is 0 Å². The maximum Gasteiger partial charge on any atom is 0.184 e. The first-order chi connectivity index (χ1) is 7.74. The Labute approximate surface area is 99.2 Å². The Morgan fingerprint density at radius 2 is 2.00 bits per heavy atom. The molecule has 2 aromatic rings. The molecular weight excluding hydrogens is 220 g/mol. The first-order valence-corrected chi connectivity index (χ1v) is 4.96. The van der Waals surface area contributed by atoms with Crippen LogP contribution in [0.5, 0.6) is 0 Å². The number of benzene rings is 1. The summed E-state index contributed by atoms with van der Waals surface area (Å²) in [7, 11) is 0. The van der Waals surface area contributed by atoms with Crippen molar-refractivity contribution in [2.75, 3.05) is 0 Å². The van der Waals surface area contributed by atoms with Crippen LogP contribution in [-0.4, -0.2) is 16.8 Å². The average Bonchev–Trinajstić information content (AvgIpc) is 2.30. The molecule has 0 amide bonds. The molecule has 1 aromatic heterocycles. The van der Waals surface area contributed by atoms with Crippen LogP contribution in [0.1, 0.15) is 0 Å². The number of nitrogens with zero attached hydrogens (tertiary/aromatic N) is 2. The Bertz CT molecular complexity index is 419. The van der Waals surface area contributed by atoms with Crippen molar-refractivity contribution < 1.29 is 0 Å². The number of para-hydroxylation sites is 1. The van der Waals surface area contributed by atoms with Gasteiger partial charge in [-0.15, -0.1) is 0 Å². The number of hydrogen-bond donors (Lipinski definition) is 2. The second kappa shape index (κ2) is 6.47. The molecule has 0 fully saturated rings. The van der Waals surface area contributed by atoms with Crippen LogP contribution in [0.2, 0.25) is 0 Å². The second-order valence-corrected chi connectivity index (χ2v) is 3.27. The van der Waals surface area contributed by atoms with E-state index in [1.54, 1.807) is 0 Å². The van der Waals surface area contributed by atoms with E-state index >= 15 is 0 Å². The van der Waals surface area contributed by atoms with E-state index < -0.39 is 0 Å². The van der Waals surface area contributed by atoms with Crippen molar-refractivity contribution in [1.82, 2.24) is 10.4 Å². The number of pyridine rings is 1. The third-order valence-electron chi connectivity index (χ3n) is 1.70. The zero-order chi connectivity index (χ0) is 11.8. The molecule has 16 heavy (non-hydrogen) atoms. The fraction of sp³-hybridized carbons (Fsp3) is 0. The van der Waals surface area contributed by atoms with Gasteiger partial charge in [-0.3, -0.25) is 10.4 Å². The lowest BCUT2D eigenvalue weighted by Gasteiger charge is -1.91. The number of rotatable bonds is 1. The third kappa shape index (κ3) is 4.02. The van der Waals surface area contributed by atoms with Crippen molar-refractivity contribution >= 4 is 35.0 Å². The minimum atomic E-state index is 0.144. The van der Waals surface area contributed by atoms with Crippen LogP contribution in [0.25, 0.3) is 10.9 Å². The molecular formula is C11H12N4S. The maximum atomic E-state index is 4.89. The normalized spacial score (nSPS) is 8.75. The summed E-state index contributed by atoms with van der Waals surface area (Å²) in [4.78, 5) is 4.18. The van der Waals surface area contributed by atoms with E-state index in [1.807, 2.05) is 30.5 Å². The summed E-state index contributed by atoms with van der Waals surface area (Å²) < 4.78 is 0. The van der Waals surface area contributed by atoms with E-state index in [1.165, 1.54) is 5.39 Å². The fourth-order valence-corrected chi connectivity index (χ4v) is 1.16. The Balaban J connectivity index is 0.000000187. The van der Waals surface area contributed by atoms with Crippen LogP contribution in [0.4, 0.5) is 0 Å². The topological polar surface area (TPSA) is 63.3 Å². The van der Waals surface area contributed by atoms with Crippen LogP contribution < -0.4 is 11.2 Å². The zero-order valence-electron chi connectivity index (χ0n) is 8.63. The molecule has 0 unspecified atom stereocenters. The standard InChI is InChI=1S/C9H7N.C2H5N3S/c1-2-6-9-8(4-1)5-3-7-10-9;1-4-5-2(3)6/h1-7H;1H2,(H3,3,5,6). The lowest BCUT2D eigenvalue weighted by atomic mass is 10.2. The number of aromatic nitrogens is 1. The first-order valence-electron chi connectivity index (χ1n) is 4.55. The van der Waals surface area contributed by atoms with Crippen molar-refractivity contribution in [1.29, 1.82) is 0 Å². The lowest BCUT2D eigenvalue weighted by molar-refractivity contribution is 1.05. The smallest absolute Gasteiger partial charge is 0.184 e. The molecule has 0 bridgehead atoms. The van der Waals surface area contributed by atoms with Gasteiger partial charge in [0.15, 0.2) is 5.11 Å². The summed E-state index contributed by atoms with van der Waals surface area (Å²) in [5.74, 6) is 0. The van der Waals surface area contributed by atoms with Gasteiger partial charge in [-0.2, -0.15) is 5.10 Å². The molecule has 0 saturated heterocycles. The van der Waals surface area contributed by atoms with E-state index in [4.69, 9.17) is 5.73 Å². The minimum absolute atomic E-state index is 0.144. The number of nitrogens with one attached hydrogen (secondary N) is 1. The van der Waals surface area contributed by atoms with Gasteiger partial charge in [0.1, 0.15) is 0 Å². The molecule has 0 spiro atoms. The monoisotopic (exact) mass is 232 g/mol. The Morgan fingerprint density at radius 1 is 1.31 bits per heavy atom. The number of fused-ring (bicyclic) bond motifs is 1. The van der Waals surface area contributed by atoms with Crippen LogP contribution in [0, 0.1) is 0 Å². The molecule has 0 aliphatic carbocycles. The van der Waals surface area contributed by atoms with Crippen LogP contribution in [0.15, 0.2) is 47.7 Å². The molecule has 1 aromatic carbocycles. The van der Waals surface area contributed by atoms with Crippen molar-refractivity contribution in [3.8, 4) is 0 Å². The van der Waals surface area contributed by atoms with Crippen LogP contribution >= 0.6 is 12.2 Å². The van der Waals surface area contributed by atoms with Crippen molar-refractivity contribution in [3.63, 3.8) is 0 Å². The predicted molar refractivity (Wildman–Crippen MR) is 71.2 cm³/mol. The van der Waals surface area contributed by atoms with E-state index in [-0.39, 0.29) is 5.11 Å². The lowest BCUT2D eigenvalue weighted by Crippen LogP contribution is -2.23. The van der Waals surface area contributed by atoms with Crippen LogP contribution in [-0.2, 0) is 0 Å². The number of thiocarbonyl (C=S) groups is 1. The van der Waals surface area contributed by atoms with Crippen molar-refractivity contribution in [2.45, 2.75) is 0 Å². The molecule has 0 atom stereocenters. The minimum Gasteiger partial charge on any atom is -0.375 e. The SMILES string of the molecule is C=NNC(N)=S.c1ccc2ncccc2c1. The van der Waals surface area contributed by atoms with Gasteiger partial charge < -0.3 is 5.73 Å². The average molecular weight is 232 g/mol. The summed E-state index contributed by atoms with van der Waals surface area (Å²) in [6, 6.07) is 12.1. The summed E-state index contributed by atoms with van der Waals surface area (Å²) in [5, 5.41) is 4.51. The Hall–Kier alpha value is -2.01. The summed E-state index contributed by atoms with van der Waals surface area (Å²) >= 11 is 4.33. The van der Waals surface area contributed by atoms with Gasteiger partial charge in [-0.1, -0.05) is 24.3 Å². The van der Waals surface area contributed by atoms with E-state index in [2.05, 4.69) is 46.6 Å². The van der Waals surface area contributed by atoms with Gasteiger partial charge in [0.05, 0.1) is 5.52 Å². The highest BCUT2D eigenvalue weighted by atomic mass is 32.1. The van der Waals surface area contributed by atoms with Gasteiger partial charge in [0, 0.05) is 18.3 Å². The predicted octanol–water partition coefficient (Wildman–Crippen LogP) is 1.67. The van der Waals surface area contributed by atoms with Gasteiger partial charge in [-0.25, -0.2) is 0 Å². The third-order valence-corrected chi connectivity index (χ3v) is 1.79. The fourth-order valence-electron chi connectivity index (χ4n) is 1.09. The molecule has 2 rings (SSSR count). The van der Waals surface area contributed by atoms with Gasteiger partial charge in [-0.05, 0) is 24.4 Å². The summed E-state index contributed by atoms with van der Waals surface area (Å²) in [5.41, 5.74) is 8.18. The van der Waals surface area contributed by atoms with Gasteiger partial charge >= 0.3 is 0 Å². The molecule has 0 radical (unpaired) electrons. The molecule has 3 N–H and O–H groups in total. The van der Waals surface area contributed by atoms with Crippen LogP contribution in [0.3, 0.4) is 0 Å². The van der Waals surface area contributed by atoms with Crippen molar-refractivity contribution in [2.24, 2.45) is 10.8 Å². The Morgan fingerprint density at radius 3 is 2.56 bits per heavy atom. The number of hydrazone groups is 1. The van der Waals surface area contributed by atoms with Crippen molar-refractivity contribution in [3.05, 3.63) is 42.6 Å². The molecule has 5 heteroatoms. The summed E-state index contributed by atoms with van der Waals surface area (Å²) in [6.07, 6.45) is 1.81. The number of hydrogen-bond acceptors (Lipinski definition) is 3. The maximum absolute atomic E-state index is 4.89. The molecule has 82 valence electrons. The van der Waals surface area contributed by atoms with Gasteiger partial charge in [0.25, 0.3) is 0 Å². The Kier molecular flexibility index (Phi) is 4.88. The highest BCUT2D eigenvalue weighted by Crippen LogP contribution is 2.07. The highest BCUT2D eigenvalue weighted by molar-refractivity contribution is 7.80. The molecule has 0 aliphatic rings. The largest absolute Gasteiger partial charge is 0.375 e. The number of nitrogens with two attached hydrogens (primary N) is 1. The van der Waals surface area contributed by atoms with E-state index in [9.17, 15) is 0 Å².